The van der Waals surface area contributed by atoms with Crippen LogP contribution in [0.4, 0.5) is 0 Å². The Kier molecular flexibility index (Phi) is 5.37. The molecular formula is C12H17Cl2N3O3. The number of nitro groups is 1. The lowest BCUT2D eigenvalue weighted by Crippen LogP contribution is -2.29. The first-order valence-corrected chi connectivity index (χ1v) is 7.43. The third-order valence-electron chi connectivity index (χ3n) is 3.36. The summed E-state index contributed by atoms with van der Waals surface area (Å²) in [4.78, 5) is 12.8. The molecule has 0 bridgehead atoms. The lowest BCUT2D eigenvalue weighted by Gasteiger charge is -2.24. The summed E-state index contributed by atoms with van der Waals surface area (Å²) in [5, 5.41) is 14.3. The number of halogens is 2. The van der Waals surface area contributed by atoms with Crippen molar-refractivity contribution in [2.24, 2.45) is 0 Å². The lowest BCUT2D eigenvalue weighted by molar-refractivity contribution is -0.426. The molecule has 20 heavy (non-hydrogen) atoms. The van der Waals surface area contributed by atoms with Gasteiger partial charge in [-0.15, -0.1) is 0 Å². The maximum Gasteiger partial charge on any atom is 0.353 e. The first-order valence-electron chi connectivity index (χ1n) is 6.67. The molecule has 0 amide bonds. The number of hydrogen-bond donors (Lipinski definition) is 1. The summed E-state index contributed by atoms with van der Waals surface area (Å²) in [6.45, 7) is 2.37. The van der Waals surface area contributed by atoms with Crippen LogP contribution in [-0.2, 0) is 4.74 Å². The summed E-state index contributed by atoms with van der Waals surface area (Å²) in [7, 11) is 0. The van der Waals surface area contributed by atoms with Crippen molar-refractivity contribution in [2.75, 3.05) is 26.2 Å². The topological polar surface area (TPSA) is 67.6 Å². The fourth-order valence-corrected chi connectivity index (χ4v) is 2.87. The Morgan fingerprint density at radius 3 is 2.35 bits per heavy atom. The van der Waals surface area contributed by atoms with Crippen LogP contribution in [0, 0.1) is 10.1 Å². The van der Waals surface area contributed by atoms with Gasteiger partial charge in [0, 0.05) is 13.1 Å². The molecule has 0 aliphatic carbocycles. The van der Waals surface area contributed by atoms with Crippen LogP contribution in [0.5, 0.6) is 0 Å². The molecule has 0 unspecified atom stereocenters. The van der Waals surface area contributed by atoms with Gasteiger partial charge in [0.1, 0.15) is 11.1 Å². The summed E-state index contributed by atoms with van der Waals surface area (Å²) in [6, 6.07) is 0. The molecule has 0 atom stereocenters. The SMILES string of the molecule is O=[N+]([O-])/C(C(=C(Cl)Cl)N1CCCCCC1)=C1/NCCO1. The number of nitrogens with zero attached hydrogens (tertiary/aromatic N) is 2. The smallest absolute Gasteiger partial charge is 0.353 e. The van der Waals surface area contributed by atoms with Crippen LogP contribution >= 0.6 is 23.2 Å². The predicted molar refractivity (Wildman–Crippen MR) is 76.7 cm³/mol. The largest absolute Gasteiger partial charge is 0.472 e. The van der Waals surface area contributed by atoms with Gasteiger partial charge < -0.3 is 15.0 Å². The molecule has 2 rings (SSSR count). The van der Waals surface area contributed by atoms with E-state index in [1.165, 1.54) is 0 Å². The van der Waals surface area contributed by atoms with Crippen LogP contribution in [0.1, 0.15) is 25.7 Å². The second-order valence-corrected chi connectivity index (χ2v) is 5.67. The van der Waals surface area contributed by atoms with E-state index in [0.29, 0.717) is 26.2 Å². The normalized spacial score (nSPS) is 21.6. The van der Waals surface area contributed by atoms with Crippen LogP contribution < -0.4 is 5.32 Å². The molecule has 2 aliphatic heterocycles. The zero-order valence-corrected chi connectivity index (χ0v) is 12.5. The van der Waals surface area contributed by atoms with E-state index in [9.17, 15) is 10.1 Å². The molecule has 0 radical (unpaired) electrons. The van der Waals surface area contributed by atoms with Gasteiger partial charge in [-0.25, -0.2) is 0 Å². The minimum atomic E-state index is -0.487. The maximum absolute atomic E-state index is 11.4. The van der Waals surface area contributed by atoms with Gasteiger partial charge in [-0.05, 0) is 12.8 Å². The Bertz CT molecular complexity index is 431. The van der Waals surface area contributed by atoms with E-state index < -0.39 is 4.92 Å². The number of likely N-dealkylation sites (tertiary alicyclic amines) is 1. The third-order valence-corrected chi connectivity index (χ3v) is 3.72. The highest BCUT2D eigenvalue weighted by atomic mass is 35.5. The van der Waals surface area contributed by atoms with E-state index in [1.54, 1.807) is 0 Å². The minimum absolute atomic E-state index is 0.0941. The molecule has 2 heterocycles. The quantitative estimate of drug-likeness (QED) is 0.639. The Morgan fingerprint density at radius 1 is 1.25 bits per heavy atom. The number of nitrogens with one attached hydrogen (secondary N) is 1. The van der Waals surface area contributed by atoms with Gasteiger partial charge in [0.2, 0.25) is 0 Å². The van der Waals surface area contributed by atoms with E-state index in [1.807, 2.05) is 4.90 Å². The zero-order valence-electron chi connectivity index (χ0n) is 11.0. The van der Waals surface area contributed by atoms with Crippen LogP contribution in [0.2, 0.25) is 0 Å². The number of hydrogen-bond acceptors (Lipinski definition) is 5. The Balaban J connectivity index is 2.38. The third kappa shape index (κ3) is 3.49. The second kappa shape index (κ2) is 7.04. The predicted octanol–water partition coefficient (Wildman–Crippen LogP) is 2.57. The van der Waals surface area contributed by atoms with Gasteiger partial charge in [-0.2, -0.15) is 0 Å². The van der Waals surface area contributed by atoms with Crippen LogP contribution in [0.15, 0.2) is 21.8 Å². The summed E-state index contributed by atoms with van der Waals surface area (Å²) in [5.41, 5.74) is 0.0778. The Morgan fingerprint density at radius 2 is 1.90 bits per heavy atom. The van der Waals surface area contributed by atoms with Gasteiger partial charge in [0.25, 0.3) is 5.88 Å². The molecule has 0 aromatic rings. The van der Waals surface area contributed by atoms with Crippen molar-refractivity contribution < 1.29 is 9.66 Å². The summed E-state index contributed by atoms with van der Waals surface area (Å²) in [5.74, 6) is 0.146. The average Bonchev–Trinajstić information content (AvgIpc) is 2.77. The Hall–Kier alpha value is -1.14. The monoisotopic (exact) mass is 321 g/mol. The van der Waals surface area contributed by atoms with Gasteiger partial charge in [-0.1, -0.05) is 36.0 Å². The van der Waals surface area contributed by atoms with Crippen LogP contribution in [-0.4, -0.2) is 36.1 Å². The van der Waals surface area contributed by atoms with Crippen molar-refractivity contribution in [3.8, 4) is 0 Å². The molecule has 6 nitrogen and oxygen atoms in total. The number of rotatable bonds is 3. The molecule has 0 saturated carbocycles. The highest BCUT2D eigenvalue weighted by Gasteiger charge is 2.33. The molecule has 1 N–H and O–H groups in total. The summed E-state index contributed by atoms with van der Waals surface area (Å²) in [6.07, 6.45) is 4.17. The summed E-state index contributed by atoms with van der Waals surface area (Å²) < 4.78 is 5.18. The highest BCUT2D eigenvalue weighted by molar-refractivity contribution is 6.56. The van der Waals surface area contributed by atoms with Crippen LogP contribution in [0.25, 0.3) is 0 Å². The molecule has 112 valence electrons. The van der Waals surface area contributed by atoms with Crippen molar-refractivity contribution in [3.63, 3.8) is 0 Å². The van der Waals surface area contributed by atoms with Crippen LogP contribution in [0.3, 0.4) is 0 Å². The second-order valence-electron chi connectivity index (χ2n) is 4.72. The van der Waals surface area contributed by atoms with E-state index >= 15 is 0 Å². The van der Waals surface area contributed by atoms with Crippen molar-refractivity contribution in [2.45, 2.75) is 25.7 Å². The van der Waals surface area contributed by atoms with Gasteiger partial charge in [-0.3, -0.25) is 10.1 Å². The van der Waals surface area contributed by atoms with E-state index in [0.717, 1.165) is 25.7 Å². The van der Waals surface area contributed by atoms with Crippen molar-refractivity contribution >= 4 is 23.2 Å². The van der Waals surface area contributed by atoms with Gasteiger partial charge in [0.15, 0.2) is 5.70 Å². The maximum atomic E-state index is 11.4. The van der Waals surface area contributed by atoms with Crippen molar-refractivity contribution in [1.29, 1.82) is 0 Å². The summed E-state index contributed by atoms with van der Waals surface area (Å²) >= 11 is 11.9. The molecule has 0 aromatic heterocycles. The van der Waals surface area contributed by atoms with Gasteiger partial charge >= 0.3 is 5.70 Å². The van der Waals surface area contributed by atoms with Gasteiger partial charge in [0.05, 0.1) is 11.5 Å². The molecule has 2 fully saturated rings. The molecule has 0 spiro atoms. The fourth-order valence-electron chi connectivity index (χ4n) is 2.45. The number of ether oxygens (including phenoxy) is 1. The van der Waals surface area contributed by atoms with Crippen molar-refractivity contribution in [1.82, 2.24) is 10.2 Å². The van der Waals surface area contributed by atoms with E-state index in [-0.39, 0.29) is 21.8 Å². The first-order chi connectivity index (χ1) is 9.61. The van der Waals surface area contributed by atoms with E-state index in [4.69, 9.17) is 27.9 Å². The minimum Gasteiger partial charge on any atom is -0.472 e. The standard InChI is InChI=1S/C12H17Cl2N3O3/c13-11(14)9(16-6-3-1-2-4-7-16)10(17(18)19)12-15-5-8-20-12/h15H,1-8H2/b12-10-. The van der Waals surface area contributed by atoms with E-state index in [2.05, 4.69) is 5.32 Å². The first kappa shape index (κ1) is 15.3. The fraction of sp³-hybridized carbons (Fsp3) is 0.667. The Labute approximate surface area is 127 Å². The molecule has 0 aromatic carbocycles. The average molecular weight is 322 g/mol. The molecule has 8 heteroatoms. The zero-order chi connectivity index (χ0) is 14.5. The highest BCUT2D eigenvalue weighted by Crippen LogP contribution is 2.30. The molecule has 2 saturated heterocycles. The van der Waals surface area contributed by atoms with Crippen molar-refractivity contribution in [3.05, 3.63) is 31.9 Å². The lowest BCUT2D eigenvalue weighted by atomic mass is 10.2. The molecular weight excluding hydrogens is 305 g/mol. The molecule has 2 aliphatic rings.